The molecule has 0 radical (unpaired) electrons. The predicted octanol–water partition coefficient (Wildman–Crippen LogP) is 3.10. The molecule has 152 valence electrons. The second-order valence-electron chi connectivity index (χ2n) is 8.83. The number of aliphatic carboxylic acids is 1. The summed E-state index contributed by atoms with van der Waals surface area (Å²) >= 11 is 0. The Labute approximate surface area is 162 Å². The Bertz CT molecular complexity index is 557. The summed E-state index contributed by atoms with van der Waals surface area (Å²) < 4.78 is 0. The number of nitrogens with zero attached hydrogens (tertiary/aromatic N) is 1. The highest BCUT2D eigenvalue weighted by Gasteiger charge is 2.47. The minimum atomic E-state index is -1.02. The van der Waals surface area contributed by atoms with Gasteiger partial charge in [-0.15, -0.1) is 0 Å². The van der Waals surface area contributed by atoms with Crippen molar-refractivity contribution in [2.45, 2.75) is 95.1 Å². The van der Waals surface area contributed by atoms with Crippen molar-refractivity contribution in [3.63, 3.8) is 0 Å². The van der Waals surface area contributed by atoms with E-state index in [2.05, 4.69) is 5.32 Å². The van der Waals surface area contributed by atoms with Crippen LogP contribution in [0.5, 0.6) is 0 Å². The van der Waals surface area contributed by atoms with E-state index in [1.165, 1.54) is 4.90 Å². The van der Waals surface area contributed by atoms with E-state index in [0.717, 1.165) is 70.6 Å². The van der Waals surface area contributed by atoms with Gasteiger partial charge >= 0.3 is 5.97 Å². The van der Waals surface area contributed by atoms with E-state index >= 15 is 0 Å². The zero-order chi connectivity index (χ0) is 19.4. The molecule has 3 aliphatic carbocycles. The van der Waals surface area contributed by atoms with Crippen LogP contribution in [0.15, 0.2) is 0 Å². The molecule has 27 heavy (non-hydrogen) atoms. The molecule has 3 aliphatic rings. The Hall–Kier alpha value is -1.59. The lowest BCUT2D eigenvalue weighted by Crippen LogP contribution is -2.58. The molecule has 2 N–H and O–H groups in total. The van der Waals surface area contributed by atoms with Crippen molar-refractivity contribution in [3.8, 4) is 0 Å². The SMILES string of the molecule is CN(C(=O)C1CCC(NC(=O)C2CCCC2)CC1)C1(C(=O)O)CCCCC1. The molecule has 3 fully saturated rings. The van der Waals surface area contributed by atoms with Crippen LogP contribution in [-0.4, -0.2) is 46.4 Å². The van der Waals surface area contributed by atoms with Gasteiger partial charge < -0.3 is 15.3 Å². The number of nitrogens with one attached hydrogen (secondary N) is 1. The molecule has 0 aromatic heterocycles. The maximum absolute atomic E-state index is 13.0. The third kappa shape index (κ3) is 4.30. The molecule has 0 atom stereocenters. The Kier molecular flexibility index (Phi) is 6.43. The quantitative estimate of drug-likeness (QED) is 0.770. The van der Waals surface area contributed by atoms with Gasteiger partial charge in [0.15, 0.2) is 0 Å². The van der Waals surface area contributed by atoms with Crippen LogP contribution in [0.2, 0.25) is 0 Å². The number of carboxylic acids is 1. The first-order valence-corrected chi connectivity index (χ1v) is 10.8. The first-order chi connectivity index (χ1) is 12.9. The molecule has 0 unspecified atom stereocenters. The highest BCUT2D eigenvalue weighted by Crippen LogP contribution is 2.36. The van der Waals surface area contributed by atoms with Gasteiger partial charge in [-0.3, -0.25) is 9.59 Å². The molecule has 0 aliphatic heterocycles. The summed E-state index contributed by atoms with van der Waals surface area (Å²) in [6.07, 6.45) is 11.3. The van der Waals surface area contributed by atoms with Crippen molar-refractivity contribution in [2.24, 2.45) is 11.8 Å². The second kappa shape index (κ2) is 8.61. The zero-order valence-electron chi connectivity index (χ0n) is 16.5. The Morgan fingerprint density at radius 3 is 2.00 bits per heavy atom. The molecule has 0 aromatic rings. The normalized spacial score (nSPS) is 28.5. The summed E-state index contributed by atoms with van der Waals surface area (Å²) in [5.41, 5.74) is -1.02. The van der Waals surface area contributed by atoms with Crippen LogP contribution in [0.3, 0.4) is 0 Å². The molecule has 6 nitrogen and oxygen atoms in total. The standard InChI is InChI=1S/C21H34N2O4/c1-23(21(20(26)27)13-5-2-6-14-21)19(25)16-9-11-17(12-10-16)22-18(24)15-7-3-4-8-15/h15-17H,2-14H2,1H3,(H,22,24)(H,26,27). The van der Waals surface area contributed by atoms with Gasteiger partial charge in [-0.2, -0.15) is 0 Å². The van der Waals surface area contributed by atoms with Gasteiger partial charge in [-0.1, -0.05) is 32.1 Å². The molecule has 2 amide bonds. The van der Waals surface area contributed by atoms with E-state index < -0.39 is 11.5 Å². The molecule has 0 bridgehead atoms. The van der Waals surface area contributed by atoms with Crippen molar-refractivity contribution < 1.29 is 19.5 Å². The summed E-state index contributed by atoms with van der Waals surface area (Å²) in [5, 5.41) is 13.0. The third-order valence-corrected chi connectivity index (χ3v) is 7.20. The van der Waals surface area contributed by atoms with Gasteiger partial charge in [-0.05, 0) is 51.4 Å². The summed E-state index contributed by atoms with van der Waals surface area (Å²) in [4.78, 5) is 38.8. The van der Waals surface area contributed by atoms with Crippen molar-refractivity contribution in [1.29, 1.82) is 0 Å². The first-order valence-electron chi connectivity index (χ1n) is 10.8. The number of carbonyl (C=O) groups excluding carboxylic acids is 2. The van der Waals surface area contributed by atoms with Crippen LogP contribution in [0, 0.1) is 11.8 Å². The third-order valence-electron chi connectivity index (χ3n) is 7.20. The highest BCUT2D eigenvalue weighted by molar-refractivity contribution is 5.88. The number of carbonyl (C=O) groups is 3. The zero-order valence-corrected chi connectivity index (χ0v) is 16.5. The number of hydrogen-bond donors (Lipinski definition) is 2. The molecule has 6 heteroatoms. The molecular formula is C21H34N2O4. The lowest BCUT2D eigenvalue weighted by molar-refractivity contribution is -0.162. The Balaban J connectivity index is 1.53. The number of amides is 2. The maximum Gasteiger partial charge on any atom is 0.329 e. The van der Waals surface area contributed by atoms with E-state index in [1.807, 2.05) is 0 Å². The van der Waals surface area contributed by atoms with Crippen molar-refractivity contribution >= 4 is 17.8 Å². The van der Waals surface area contributed by atoms with Crippen molar-refractivity contribution in [2.75, 3.05) is 7.05 Å². The van der Waals surface area contributed by atoms with Crippen LogP contribution < -0.4 is 5.32 Å². The van der Waals surface area contributed by atoms with Gasteiger partial charge in [0.25, 0.3) is 0 Å². The van der Waals surface area contributed by atoms with Crippen molar-refractivity contribution in [1.82, 2.24) is 10.2 Å². The number of carboxylic acid groups (broad SMARTS) is 1. The van der Waals surface area contributed by atoms with E-state index in [-0.39, 0.29) is 29.7 Å². The van der Waals surface area contributed by atoms with Crippen LogP contribution in [0.1, 0.15) is 83.5 Å². The fourth-order valence-corrected chi connectivity index (χ4v) is 5.31. The Morgan fingerprint density at radius 2 is 1.44 bits per heavy atom. The molecule has 3 saturated carbocycles. The molecule has 0 heterocycles. The molecule has 3 rings (SSSR count). The van der Waals surface area contributed by atoms with Gasteiger partial charge in [0.05, 0.1) is 0 Å². The lowest BCUT2D eigenvalue weighted by Gasteiger charge is -2.43. The molecule has 0 saturated heterocycles. The fraction of sp³-hybridized carbons (Fsp3) is 0.857. The van der Waals surface area contributed by atoms with E-state index in [1.54, 1.807) is 7.05 Å². The van der Waals surface area contributed by atoms with Gasteiger partial charge in [-0.25, -0.2) is 4.79 Å². The average Bonchev–Trinajstić information content (AvgIpc) is 3.23. The largest absolute Gasteiger partial charge is 0.479 e. The minimum absolute atomic E-state index is 0.0279. The topological polar surface area (TPSA) is 86.7 Å². The minimum Gasteiger partial charge on any atom is -0.479 e. The van der Waals surface area contributed by atoms with E-state index in [4.69, 9.17) is 0 Å². The van der Waals surface area contributed by atoms with Gasteiger partial charge in [0, 0.05) is 24.9 Å². The number of likely N-dealkylation sites (N-methyl/N-ethyl adjacent to an activating group) is 1. The van der Waals surface area contributed by atoms with Gasteiger partial charge in [0.2, 0.25) is 11.8 Å². The average molecular weight is 379 g/mol. The molecule has 0 spiro atoms. The van der Waals surface area contributed by atoms with Crippen LogP contribution >= 0.6 is 0 Å². The van der Waals surface area contributed by atoms with E-state index in [0.29, 0.717) is 12.8 Å². The molecule has 0 aromatic carbocycles. The summed E-state index contributed by atoms with van der Waals surface area (Å²) in [7, 11) is 1.68. The van der Waals surface area contributed by atoms with Crippen LogP contribution in [-0.2, 0) is 14.4 Å². The summed E-state index contributed by atoms with van der Waals surface area (Å²) in [6.45, 7) is 0. The van der Waals surface area contributed by atoms with E-state index in [9.17, 15) is 19.5 Å². The van der Waals surface area contributed by atoms with Crippen molar-refractivity contribution in [3.05, 3.63) is 0 Å². The predicted molar refractivity (Wildman–Crippen MR) is 102 cm³/mol. The summed E-state index contributed by atoms with van der Waals surface area (Å²) in [5.74, 6) is -0.646. The smallest absolute Gasteiger partial charge is 0.329 e. The molecular weight excluding hydrogens is 344 g/mol. The number of rotatable bonds is 5. The second-order valence-corrected chi connectivity index (χ2v) is 8.83. The Morgan fingerprint density at radius 1 is 0.852 bits per heavy atom. The fourth-order valence-electron chi connectivity index (χ4n) is 5.31. The van der Waals surface area contributed by atoms with Crippen LogP contribution in [0.4, 0.5) is 0 Å². The lowest BCUT2D eigenvalue weighted by atomic mass is 9.78. The first kappa shape index (κ1) is 20.2. The monoisotopic (exact) mass is 378 g/mol. The van der Waals surface area contributed by atoms with Gasteiger partial charge in [0.1, 0.15) is 5.54 Å². The summed E-state index contributed by atoms with van der Waals surface area (Å²) in [6, 6.07) is 0.163. The maximum atomic E-state index is 13.0. The highest BCUT2D eigenvalue weighted by atomic mass is 16.4. The number of hydrogen-bond acceptors (Lipinski definition) is 3. The van der Waals surface area contributed by atoms with Crippen LogP contribution in [0.25, 0.3) is 0 Å².